The highest BCUT2D eigenvalue weighted by molar-refractivity contribution is 7.89. The fraction of sp³-hybridized carbons (Fsp3) is 0.174. The molecular formula is C23H20N2O5S. The van der Waals surface area contributed by atoms with Crippen molar-refractivity contribution < 1.29 is 22.3 Å². The monoisotopic (exact) mass is 436 g/mol. The number of para-hydroxylation sites is 1. The van der Waals surface area contributed by atoms with Crippen LogP contribution >= 0.6 is 0 Å². The number of hydrogen-bond acceptors (Lipinski definition) is 6. The zero-order valence-electron chi connectivity index (χ0n) is 16.5. The molecule has 1 atom stereocenters. The quantitative estimate of drug-likeness (QED) is 0.507. The first-order chi connectivity index (χ1) is 15.1. The number of sulfonamides is 1. The second-order valence-electron chi connectivity index (χ2n) is 7.15. The maximum absolute atomic E-state index is 13.3. The number of benzene rings is 2. The first-order valence-corrected chi connectivity index (χ1v) is 11.4. The van der Waals surface area contributed by atoms with Crippen LogP contribution in [0.1, 0.15) is 23.9 Å². The highest BCUT2D eigenvalue weighted by atomic mass is 32.2. The van der Waals surface area contributed by atoms with Crippen LogP contribution in [0, 0.1) is 0 Å². The Hall–Kier alpha value is -3.36. The molecule has 1 aliphatic heterocycles. The van der Waals surface area contributed by atoms with Crippen LogP contribution in [-0.2, 0) is 10.0 Å². The molecule has 2 aromatic heterocycles. The fourth-order valence-electron chi connectivity index (χ4n) is 3.49. The zero-order valence-corrected chi connectivity index (χ0v) is 17.3. The summed E-state index contributed by atoms with van der Waals surface area (Å²) in [6, 6.07) is 18.5. The summed E-state index contributed by atoms with van der Waals surface area (Å²) < 4.78 is 46.6. The predicted molar refractivity (Wildman–Crippen MR) is 115 cm³/mol. The lowest BCUT2D eigenvalue weighted by atomic mass is 10.1. The maximum Gasteiger partial charge on any atom is 0.241 e. The van der Waals surface area contributed by atoms with Gasteiger partial charge in [0.05, 0.1) is 23.8 Å². The molecule has 0 aliphatic carbocycles. The van der Waals surface area contributed by atoms with Crippen molar-refractivity contribution in [3.8, 4) is 11.5 Å². The molecule has 8 heteroatoms. The Labute approximate surface area is 179 Å². The minimum atomic E-state index is -3.92. The molecule has 0 saturated heterocycles. The topological polar surface area (TPSA) is 90.7 Å². The largest absolute Gasteiger partial charge is 0.490 e. The van der Waals surface area contributed by atoms with E-state index in [-0.39, 0.29) is 4.90 Å². The smallest absolute Gasteiger partial charge is 0.241 e. The average Bonchev–Trinajstić information content (AvgIpc) is 3.08. The van der Waals surface area contributed by atoms with Gasteiger partial charge in [-0.15, -0.1) is 0 Å². The minimum absolute atomic E-state index is 0.0776. The first kappa shape index (κ1) is 19.6. The zero-order chi connectivity index (χ0) is 21.3. The molecule has 158 valence electrons. The molecule has 1 aliphatic rings. The first-order valence-electron chi connectivity index (χ1n) is 9.91. The van der Waals surface area contributed by atoms with Gasteiger partial charge in [-0.2, -0.15) is 4.72 Å². The normalized spacial score (nSPS) is 14.8. The third kappa shape index (κ3) is 3.99. The van der Waals surface area contributed by atoms with Crippen molar-refractivity contribution in [2.75, 3.05) is 13.2 Å². The van der Waals surface area contributed by atoms with Gasteiger partial charge in [-0.25, -0.2) is 8.42 Å². The van der Waals surface area contributed by atoms with E-state index >= 15 is 0 Å². The number of rotatable bonds is 5. The van der Waals surface area contributed by atoms with Crippen molar-refractivity contribution in [1.82, 2.24) is 9.71 Å². The summed E-state index contributed by atoms with van der Waals surface area (Å²) in [5, 5.41) is 0.883. The van der Waals surface area contributed by atoms with Gasteiger partial charge in [-0.05, 0) is 36.4 Å². The van der Waals surface area contributed by atoms with E-state index in [2.05, 4.69) is 9.71 Å². The number of pyridine rings is 1. The van der Waals surface area contributed by atoms with Crippen LogP contribution in [0.2, 0.25) is 0 Å². The number of nitrogens with zero attached hydrogens (tertiary/aromatic N) is 1. The lowest BCUT2D eigenvalue weighted by Gasteiger charge is -2.17. The number of fused-ring (bicyclic) bond motifs is 2. The van der Waals surface area contributed by atoms with Crippen LogP contribution in [0.25, 0.3) is 11.0 Å². The van der Waals surface area contributed by atoms with Gasteiger partial charge in [0.25, 0.3) is 0 Å². The van der Waals surface area contributed by atoms with E-state index < -0.39 is 16.1 Å². The third-order valence-electron chi connectivity index (χ3n) is 5.01. The summed E-state index contributed by atoms with van der Waals surface area (Å²) in [5.41, 5.74) is 1.20. The van der Waals surface area contributed by atoms with Gasteiger partial charge >= 0.3 is 0 Å². The molecule has 1 N–H and O–H groups in total. The molecule has 4 aromatic rings. The molecule has 0 saturated carbocycles. The number of aromatic nitrogens is 1. The summed E-state index contributed by atoms with van der Waals surface area (Å²) in [5.74, 6) is 1.41. The average molecular weight is 436 g/mol. The second-order valence-corrected chi connectivity index (χ2v) is 8.87. The van der Waals surface area contributed by atoms with Crippen LogP contribution < -0.4 is 14.2 Å². The SMILES string of the molecule is O=S(=O)(N[C@@H](c1ccccn1)c1cc2ccccc2o1)c1ccc2c(c1)OCCCO2. The third-order valence-corrected chi connectivity index (χ3v) is 6.44. The predicted octanol–water partition coefficient (Wildman–Crippen LogP) is 4.06. The van der Waals surface area contributed by atoms with E-state index in [1.807, 2.05) is 30.3 Å². The van der Waals surface area contributed by atoms with Gasteiger partial charge in [0, 0.05) is 24.1 Å². The Morgan fingerprint density at radius 2 is 1.71 bits per heavy atom. The van der Waals surface area contributed by atoms with Gasteiger partial charge in [0.2, 0.25) is 10.0 Å². The van der Waals surface area contributed by atoms with Gasteiger partial charge in [0.15, 0.2) is 11.5 Å². The molecule has 5 rings (SSSR count). The molecule has 3 heterocycles. The Bertz CT molecular complexity index is 1290. The van der Waals surface area contributed by atoms with Crippen molar-refractivity contribution in [2.24, 2.45) is 0 Å². The van der Waals surface area contributed by atoms with Gasteiger partial charge < -0.3 is 13.9 Å². The van der Waals surface area contributed by atoms with E-state index in [1.54, 1.807) is 30.5 Å². The summed E-state index contributed by atoms with van der Waals surface area (Å²) in [4.78, 5) is 4.43. The van der Waals surface area contributed by atoms with Crippen molar-refractivity contribution in [2.45, 2.75) is 17.4 Å². The van der Waals surface area contributed by atoms with Crippen LogP contribution in [0.15, 0.2) is 82.2 Å². The Morgan fingerprint density at radius 1 is 0.903 bits per heavy atom. The van der Waals surface area contributed by atoms with Crippen LogP contribution in [0.3, 0.4) is 0 Å². The van der Waals surface area contributed by atoms with E-state index in [0.29, 0.717) is 41.7 Å². The van der Waals surface area contributed by atoms with E-state index in [9.17, 15) is 8.42 Å². The summed E-state index contributed by atoms with van der Waals surface area (Å²) in [6.45, 7) is 1.00. The summed E-state index contributed by atoms with van der Waals surface area (Å²) >= 11 is 0. The highest BCUT2D eigenvalue weighted by Crippen LogP contribution is 2.33. The Kier molecular flexibility index (Phi) is 5.09. The van der Waals surface area contributed by atoms with Gasteiger partial charge in [-0.1, -0.05) is 24.3 Å². The molecule has 0 fully saturated rings. The fourth-order valence-corrected chi connectivity index (χ4v) is 4.68. The highest BCUT2D eigenvalue weighted by Gasteiger charge is 2.28. The number of nitrogens with one attached hydrogen (secondary N) is 1. The molecule has 0 radical (unpaired) electrons. The van der Waals surface area contributed by atoms with Crippen LogP contribution in [0.5, 0.6) is 11.5 Å². The lowest BCUT2D eigenvalue weighted by Crippen LogP contribution is -2.29. The molecule has 0 spiro atoms. The van der Waals surface area contributed by atoms with Crippen molar-refractivity contribution in [3.63, 3.8) is 0 Å². The molecular weight excluding hydrogens is 416 g/mol. The van der Waals surface area contributed by atoms with E-state index in [1.165, 1.54) is 12.1 Å². The van der Waals surface area contributed by atoms with Gasteiger partial charge in [-0.3, -0.25) is 4.98 Å². The molecule has 0 unspecified atom stereocenters. The van der Waals surface area contributed by atoms with Crippen LogP contribution in [0.4, 0.5) is 0 Å². The lowest BCUT2D eigenvalue weighted by molar-refractivity contribution is 0.297. The van der Waals surface area contributed by atoms with Crippen LogP contribution in [-0.4, -0.2) is 26.6 Å². The molecule has 0 bridgehead atoms. The number of hydrogen-bond donors (Lipinski definition) is 1. The van der Waals surface area contributed by atoms with Crippen molar-refractivity contribution in [1.29, 1.82) is 0 Å². The summed E-state index contributed by atoms with van der Waals surface area (Å²) in [6.07, 6.45) is 2.36. The minimum Gasteiger partial charge on any atom is -0.490 e. The number of ether oxygens (including phenoxy) is 2. The Morgan fingerprint density at radius 3 is 2.52 bits per heavy atom. The standard InChI is InChI=1S/C23H20N2O5S/c26-31(27,17-9-10-20-21(15-17)29-13-5-12-28-20)25-23(18-7-3-4-11-24-18)22-14-16-6-1-2-8-19(16)30-22/h1-4,6-11,14-15,23,25H,5,12-13H2/t23-/m0/s1. The van der Waals surface area contributed by atoms with Gasteiger partial charge in [0.1, 0.15) is 17.4 Å². The molecule has 2 aromatic carbocycles. The molecule has 7 nitrogen and oxygen atoms in total. The summed E-state index contributed by atoms with van der Waals surface area (Å²) in [7, 11) is -3.92. The van der Waals surface area contributed by atoms with Crippen molar-refractivity contribution in [3.05, 3.63) is 84.4 Å². The second kappa shape index (κ2) is 8.05. The molecule has 0 amide bonds. The van der Waals surface area contributed by atoms with E-state index in [0.717, 1.165) is 11.8 Å². The van der Waals surface area contributed by atoms with E-state index in [4.69, 9.17) is 13.9 Å². The Balaban J connectivity index is 1.54. The number of furan rings is 1. The van der Waals surface area contributed by atoms with Crippen molar-refractivity contribution >= 4 is 21.0 Å². The molecule has 31 heavy (non-hydrogen) atoms. The maximum atomic E-state index is 13.3.